The lowest BCUT2D eigenvalue weighted by Crippen LogP contribution is -2.49. The van der Waals surface area contributed by atoms with E-state index in [1.165, 1.54) is 16.8 Å². The van der Waals surface area contributed by atoms with Crippen LogP contribution in [0.2, 0.25) is 5.02 Å². The highest BCUT2D eigenvalue weighted by atomic mass is 35.5. The Bertz CT molecular complexity index is 1370. The molecular formula is C29H31ClN3O3+. The second kappa shape index (κ2) is 9.69. The molecule has 0 saturated carbocycles. The Balaban J connectivity index is 1.72. The van der Waals surface area contributed by atoms with Gasteiger partial charge in [0.25, 0.3) is 0 Å². The number of quaternary nitrogens is 1. The minimum absolute atomic E-state index is 0.0734. The first kappa shape index (κ1) is 24.5. The van der Waals surface area contributed by atoms with Gasteiger partial charge in [0.1, 0.15) is 18.8 Å². The standard InChI is InChI=1S/C29H30ClN3O3/c1-19-20(2)33(13-14-36-3,18-21-7-6-10-24(30)15-21)27-25(19)16-26(29(34)35)31-28(27)32-12-11-22-8-4-5-9-23(22)17-32/h4-10,15-16H,11-14,17-18H2,1-3H3/p+1. The number of halogens is 1. The summed E-state index contributed by atoms with van der Waals surface area (Å²) >= 11 is 6.37. The number of aromatic nitrogens is 1. The van der Waals surface area contributed by atoms with E-state index in [-0.39, 0.29) is 5.69 Å². The van der Waals surface area contributed by atoms with E-state index >= 15 is 0 Å². The molecule has 5 rings (SSSR count). The smallest absolute Gasteiger partial charge is 0.354 e. The molecule has 0 amide bonds. The van der Waals surface area contributed by atoms with Gasteiger partial charge in [0.2, 0.25) is 0 Å². The third-order valence-electron chi connectivity index (χ3n) is 7.66. The zero-order chi connectivity index (χ0) is 25.4. The van der Waals surface area contributed by atoms with Gasteiger partial charge in [0, 0.05) is 43.3 Å². The molecule has 6 nitrogen and oxygen atoms in total. The van der Waals surface area contributed by atoms with Crippen molar-refractivity contribution in [2.45, 2.75) is 33.4 Å². The van der Waals surface area contributed by atoms with Crippen LogP contribution >= 0.6 is 11.6 Å². The highest BCUT2D eigenvalue weighted by Gasteiger charge is 2.47. The summed E-state index contributed by atoms with van der Waals surface area (Å²) < 4.78 is 6.11. The lowest BCUT2D eigenvalue weighted by molar-refractivity contribution is 0.0690. The second-order valence-corrected chi connectivity index (χ2v) is 10.1. The van der Waals surface area contributed by atoms with Crippen molar-refractivity contribution in [1.82, 2.24) is 9.47 Å². The number of pyridine rings is 1. The van der Waals surface area contributed by atoms with Crippen molar-refractivity contribution in [3.05, 3.63) is 93.3 Å². The largest absolute Gasteiger partial charge is 0.477 e. The van der Waals surface area contributed by atoms with Crippen LogP contribution in [0.4, 0.5) is 11.5 Å². The first-order valence-electron chi connectivity index (χ1n) is 12.2. The van der Waals surface area contributed by atoms with Crippen LogP contribution in [-0.4, -0.2) is 42.9 Å². The van der Waals surface area contributed by atoms with Crippen molar-refractivity contribution in [2.24, 2.45) is 0 Å². The lowest BCUT2D eigenvalue weighted by atomic mass is 9.99. The number of carboxylic acid groups (broad SMARTS) is 1. The Morgan fingerprint density at radius 3 is 2.64 bits per heavy atom. The number of methoxy groups -OCH3 is 1. The van der Waals surface area contributed by atoms with Crippen molar-refractivity contribution >= 4 is 34.6 Å². The van der Waals surface area contributed by atoms with Crippen LogP contribution in [0.5, 0.6) is 0 Å². The topological polar surface area (TPSA) is 62.7 Å². The van der Waals surface area contributed by atoms with Gasteiger partial charge in [-0.15, -0.1) is 0 Å². The number of allylic oxidation sites excluding steroid dienone is 2. The summed E-state index contributed by atoms with van der Waals surface area (Å²) in [6.45, 7) is 7.62. The minimum Gasteiger partial charge on any atom is -0.477 e. The number of hydrogen-bond donors (Lipinski definition) is 1. The molecule has 2 aliphatic rings. The van der Waals surface area contributed by atoms with Crippen LogP contribution in [-0.2, 0) is 24.2 Å². The van der Waals surface area contributed by atoms with E-state index in [2.05, 4.69) is 49.1 Å². The molecule has 36 heavy (non-hydrogen) atoms. The van der Waals surface area contributed by atoms with Gasteiger partial charge < -0.3 is 14.7 Å². The Morgan fingerprint density at radius 1 is 1.14 bits per heavy atom. The Morgan fingerprint density at radius 2 is 1.92 bits per heavy atom. The molecule has 1 aromatic heterocycles. The molecule has 2 aliphatic heterocycles. The Labute approximate surface area is 217 Å². The van der Waals surface area contributed by atoms with Gasteiger partial charge in [-0.05, 0) is 42.7 Å². The monoisotopic (exact) mass is 504 g/mol. The third kappa shape index (κ3) is 4.19. The van der Waals surface area contributed by atoms with Crippen LogP contribution < -0.4 is 9.38 Å². The number of carbonyl (C=O) groups is 1. The number of rotatable bonds is 7. The third-order valence-corrected chi connectivity index (χ3v) is 7.89. The van der Waals surface area contributed by atoms with E-state index < -0.39 is 5.97 Å². The van der Waals surface area contributed by atoms with Gasteiger partial charge in [-0.25, -0.2) is 9.78 Å². The molecule has 7 heteroatoms. The fraction of sp³-hybridized carbons (Fsp3) is 0.310. The van der Waals surface area contributed by atoms with Gasteiger partial charge in [-0.2, -0.15) is 0 Å². The maximum atomic E-state index is 12.1. The normalized spacial score (nSPS) is 18.8. The molecule has 1 N–H and O–H groups in total. The lowest BCUT2D eigenvalue weighted by Gasteiger charge is -2.39. The molecule has 0 radical (unpaired) electrons. The molecule has 0 fully saturated rings. The number of fused-ring (bicyclic) bond motifs is 2. The van der Waals surface area contributed by atoms with E-state index in [0.29, 0.717) is 35.7 Å². The van der Waals surface area contributed by atoms with Gasteiger partial charge in [0.05, 0.1) is 12.2 Å². The SMILES string of the molecule is COCC[N+]1(Cc2cccc(Cl)c2)C(C)=C(C)c2cc(C(=O)O)nc(N3CCc4ccccc4C3)c21. The summed E-state index contributed by atoms with van der Waals surface area (Å²) in [6, 6.07) is 18.1. The number of benzene rings is 2. The molecule has 0 aliphatic carbocycles. The molecule has 3 aromatic rings. The number of aromatic carboxylic acids is 1. The number of carboxylic acids is 1. The summed E-state index contributed by atoms with van der Waals surface area (Å²) in [6.07, 6.45) is 0.891. The van der Waals surface area contributed by atoms with Crippen LogP contribution in [0.25, 0.3) is 5.57 Å². The zero-order valence-electron chi connectivity index (χ0n) is 20.9. The quantitative estimate of drug-likeness (QED) is 0.405. The maximum Gasteiger partial charge on any atom is 0.354 e. The van der Waals surface area contributed by atoms with Gasteiger partial charge >= 0.3 is 5.97 Å². The average Bonchev–Trinajstić information content (AvgIpc) is 3.08. The van der Waals surface area contributed by atoms with Crippen LogP contribution in [0.3, 0.4) is 0 Å². The van der Waals surface area contributed by atoms with Gasteiger partial charge in [-0.1, -0.05) is 48.0 Å². The van der Waals surface area contributed by atoms with E-state index in [0.717, 1.165) is 41.2 Å². The molecule has 0 saturated heterocycles. The number of hydrogen-bond acceptors (Lipinski definition) is 4. The Kier molecular flexibility index (Phi) is 6.60. The maximum absolute atomic E-state index is 12.1. The molecule has 186 valence electrons. The van der Waals surface area contributed by atoms with Gasteiger partial charge in [-0.3, -0.25) is 4.48 Å². The number of ether oxygens (including phenoxy) is 1. The summed E-state index contributed by atoms with van der Waals surface area (Å²) in [5, 5.41) is 10.6. The van der Waals surface area contributed by atoms with E-state index in [1.807, 2.05) is 18.2 Å². The minimum atomic E-state index is -1.02. The highest BCUT2D eigenvalue weighted by Crippen LogP contribution is 2.51. The second-order valence-electron chi connectivity index (χ2n) is 9.66. The van der Waals surface area contributed by atoms with Crippen molar-refractivity contribution in [1.29, 1.82) is 0 Å². The van der Waals surface area contributed by atoms with E-state index in [1.54, 1.807) is 13.2 Å². The number of anilines is 1. The van der Waals surface area contributed by atoms with E-state index in [9.17, 15) is 9.90 Å². The Hall–Kier alpha value is -3.19. The molecule has 1 atom stereocenters. The molecule has 2 aromatic carbocycles. The molecular weight excluding hydrogens is 474 g/mol. The van der Waals surface area contributed by atoms with Crippen molar-refractivity contribution in [2.75, 3.05) is 31.7 Å². The summed E-state index contributed by atoms with van der Waals surface area (Å²) in [7, 11) is 1.72. The highest BCUT2D eigenvalue weighted by molar-refractivity contribution is 6.30. The summed E-state index contributed by atoms with van der Waals surface area (Å²) in [5.74, 6) is -0.271. The van der Waals surface area contributed by atoms with Gasteiger partial charge in [0.15, 0.2) is 17.2 Å². The predicted octanol–water partition coefficient (Wildman–Crippen LogP) is 5.91. The van der Waals surface area contributed by atoms with Crippen molar-refractivity contribution < 1.29 is 14.6 Å². The first-order valence-corrected chi connectivity index (χ1v) is 12.6. The predicted molar refractivity (Wildman–Crippen MR) is 144 cm³/mol. The fourth-order valence-corrected chi connectivity index (χ4v) is 5.89. The molecule has 1 unspecified atom stereocenters. The van der Waals surface area contributed by atoms with Crippen LogP contribution in [0.15, 0.2) is 60.3 Å². The first-order chi connectivity index (χ1) is 17.3. The summed E-state index contributed by atoms with van der Waals surface area (Å²) in [5.41, 5.74) is 8.03. The van der Waals surface area contributed by atoms with Crippen LogP contribution in [0, 0.1) is 0 Å². The molecule has 0 spiro atoms. The summed E-state index contributed by atoms with van der Waals surface area (Å²) in [4.78, 5) is 19.2. The number of nitrogens with zero attached hydrogens (tertiary/aromatic N) is 3. The molecule has 0 bridgehead atoms. The molecule has 3 heterocycles. The zero-order valence-corrected chi connectivity index (χ0v) is 21.7. The van der Waals surface area contributed by atoms with Crippen molar-refractivity contribution in [3.63, 3.8) is 0 Å². The van der Waals surface area contributed by atoms with Crippen LogP contribution in [0.1, 0.15) is 46.6 Å². The average molecular weight is 505 g/mol. The van der Waals surface area contributed by atoms with E-state index in [4.69, 9.17) is 21.3 Å². The fourth-order valence-electron chi connectivity index (χ4n) is 5.67. The van der Waals surface area contributed by atoms with Crippen molar-refractivity contribution in [3.8, 4) is 0 Å².